The van der Waals surface area contributed by atoms with Crippen LogP contribution in [0.15, 0.2) is 54.6 Å². The minimum absolute atomic E-state index is 0.117. The second-order valence-electron chi connectivity index (χ2n) is 7.70. The predicted octanol–water partition coefficient (Wildman–Crippen LogP) is 2.91. The standard InChI is InChI=1S/C23H31N3O2/c1-19(2)24-23(27)17-26-13-11-25(12-14-26)16-21-9-6-10-22(15-21)28-18-20-7-4-3-5-8-20/h3-10,15,19H,11-14,16-18H2,1-2H3,(H,24,27). The first-order valence-corrected chi connectivity index (χ1v) is 10.1. The first-order valence-electron chi connectivity index (χ1n) is 10.1. The maximum Gasteiger partial charge on any atom is 0.234 e. The summed E-state index contributed by atoms with van der Waals surface area (Å²) in [7, 11) is 0. The summed E-state index contributed by atoms with van der Waals surface area (Å²) >= 11 is 0. The molecule has 1 amide bonds. The molecule has 1 aliphatic heterocycles. The average Bonchev–Trinajstić information content (AvgIpc) is 2.68. The molecule has 0 unspecified atom stereocenters. The third-order valence-electron chi connectivity index (χ3n) is 4.83. The van der Waals surface area contributed by atoms with Crippen molar-refractivity contribution in [3.63, 3.8) is 0 Å². The van der Waals surface area contributed by atoms with E-state index in [-0.39, 0.29) is 11.9 Å². The molecule has 0 atom stereocenters. The van der Waals surface area contributed by atoms with Crippen LogP contribution in [-0.2, 0) is 17.9 Å². The van der Waals surface area contributed by atoms with E-state index in [1.54, 1.807) is 0 Å². The van der Waals surface area contributed by atoms with Gasteiger partial charge in [0.05, 0.1) is 6.54 Å². The van der Waals surface area contributed by atoms with Crippen molar-refractivity contribution in [1.29, 1.82) is 0 Å². The Labute approximate surface area is 168 Å². The maximum atomic E-state index is 11.9. The van der Waals surface area contributed by atoms with Gasteiger partial charge in [-0.2, -0.15) is 0 Å². The van der Waals surface area contributed by atoms with E-state index in [0.717, 1.165) is 38.5 Å². The summed E-state index contributed by atoms with van der Waals surface area (Å²) in [6, 6.07) is 18.8. The minimum Gasteiger partial charge on any atom is -0.489 e. The number of ether oxygens (including phenoxy) is 1. The molecule has 0 saturated carbocycles. The van der Waals surface area contributed by atoms with Crippen LogP contribution in [0, 0.1) is 0 Å². The van der Waals surface area contributed by atoms with Gasteiger partial charge in [-0.3, -0.25) is 14.6 Å². The van der Waals surface area contributed by atoms with Gasteiger partial charge in [-0.05, 0) is 37.1 Å². The van der Waals surface area contributed by atoms with E-state index in [1.807, 2.05) is 38.1 Å². The second kappa shape index (κ2) is 10.2. The second-order valence-corrected chi connectivity index (χ2v) is 7.70. The third-order valence-corrected chi connectivity index (χ3v) is 4.83. The molecule has 1 aliphatic rings. The quantitative estimate of drug-likeness (QED) is 0.764. The van der Waals surface area contributed by atoms with E-state index in [2.05, 4.69) is 45.4 Å². The highest BCUT2D eigenvalue weighted by atomic mass is 16.5. The molecule has 1 fully saturated rings. The Morgan fingerprint density at radius 2 is 1.64 bits per heavy atom. The highest BCUT2D eigenvalue weighted by Gasteiger charge is 2.19. The van der Waals surface area contributed by atoms with Crippen LogP contribution in [0.3, 0.4) is 0 Å². The van der Waals surface area contributed by atoms with Crippen molar-refractivity contribution in [3.8, 4) is 5.75 Å². The van der Waals surface area contributed by atoms with Crippen molar-refractivity contribution in [1.82, 2.24) is 15.1 Å². The first-order chi connectivity index (χ1) is 13.6. The maximum absolute atomic E-state index is 11.9. The number of carbonyl (C=O) groups is 1. The number of nitrogens with zero attached hydrogens (tertiary/aromatic N) is 2. The summed E-state index contributed by atoms with van der Waals surface area (Å²) in [6.45, 7) is 9.78. The summed E-state index contributed by atoms with van der Waals surface area (Å²) in [4.78, 5) is 16.6. The zero-order chi connectivity index (χ0) is 19.8. The Hall–Kier alpha value is -2.37. The van der Waals surface area contributed by atoms with Crippen molar-refractivity contribution < 1.29 is 9.53 Å². The molecule has 2 aromatic carbocycles. The lowest BCUT2D eigenvalue weighted by atomic mass is 10.2. The third kappa shape index (κ3) is 6.66. The Bertz CT molecular complexity index is 741. The van der Waals surface area contributed by atoms with E-state index in [4.69, 9.17) is 4.74 Å². The van der Waals surface area contributed by atoms with Gasteiger partial charge in [-0.1, -0.05) is 42.5 Å². The topological polar surface area (TPSA) is 44.8 Å². The van der Waals surface area contributed by atoms with Crippen LogP contribution in [-0.4, -0.2) is 54.5 Å². The number of hydrogen-bond acceptors (Lipinski definition) is 4. The van der Waals surface area contributed by atoms with Crippen LogP contribution in [0.5, 0.6) is 5.75 Å². The van der Waals surface area contributed by atoms with Gasteiger partial charge in [0.1, 0.15) is 12.4 Å². The lowest BCUT2D eigenvalue weighted by Crippen LogP contribution is -2.49. The zero-order valence-corrected chi connectivity index (χ0v) is 16.9. The van der Waals surface area contributed by atoms with Crippen molar-refractivity contribution in [3.05, 3.63) is 65.7 Å². The van der Waals surface area contributed by atoms with Gasteiger partial charge in [0, 0.05) is 38.8 Å². The molecule has 1 N–H and O–H groups in total. The lowest BCUT2D eigenvalue weighted by molar-refractivity contribution is -0.123. The number of carbonyl (C=O) groups excluding carboxylic acids is 1. The molecule has 0 spiro atoms. The molecule has 2 aromatic rings. The van der Waals surface area contributed by atoms with E-state index in [0.29, 0.717) is 13.2 Å². The van der Waals surface area contributed by atoms with E-state index < -0.39 is 0 Å². The first kappa shape index (κ1) is 20.4. The van der Waals surface area contributed by atoms with Crippen LogP contribution in [0.1, 0.15) is 25.0 Å². The predicted molar refractivity (Wildman–Crippen MR) is 112 cm³/mol. The Morgan fingerprint density at radius 3 is 2.36 bits per heavy atom. The number of piperazine rings is 1. The summed E-state index contributed by atoms with van der Waals surface area (Å²) in [5.74, 6) is 1.03. The highest BCUT2D eigenvalue weighted by molar-refractivity contribution is 5.78. The van der Waals surface area contributed by atoms with Crippen LogP contribution in [0.4, 0.5) is 0 Å². The van der Waals surface area contributed by atoms with Gasteiger partial charge >= 0.3 is 0 Å². The molecule has 28 heavy (non-hydrogen) atoms. The van der Waals surface area contributed by atoms with Crippen molar-refractivity contribution >= 4 is 5.91 Å². The van der Waals surface area contributed by atoms with Crippen LogP contribution < -0.4 is 10.1 Å². The zero-order valence-electron chi connectivity index (χ0n) is 16.9. The lowest BCUT2D eigenvalue weighted by Gasteiger charge is -2.34. The van der Waals surface area contributed by atoms with E-state index in [1.165, 1.54) is 11.1 Å². The molecule has 0 bridgehead atoms. The molecule has 5 heteroatoms. The summed E-state index contributed by atoms with van der Waals surface area (Å²) in [5, 5.41) is 2.96. The van der Waals surface area contributed by atoms with Crippen molar-refractivity contribution in [2.24, 2.45) is 0 Å². The molecule has 150 valence electrons. The number of hydrogen-bond donors (Lipinski definition) is 1. The number of rotatable bonds is 8. The van der Waals surface area contributed by atoms with Crippen molar-refractivity contribution in [2.75, 3.05) is 32.7 Å². The van der Waals surface area contributed by atoms with Gasteiger partial charge in [0.2, 0.25) is 5.91 Å². The molecule has 0 radical (unpaired) electrons. The molecular formula is C23H31N3O2. The molecule has 5 nitrogen and oxygen atoms in total. The number of nitrogens with one attached hydrogen (secondary N) is 1. The van der Waals surface area contributed by atoms with Crippen LogP contribution >= 0.6 is 0 Å². The van der Waals surface area contributed by atoms with E-state index >= 15 is 0 Å². The van der Waals surface area contributed by atoms with Gasteiger partial charge < -0.3 is 10.1 Å². The smallest absolute Gasteiger partial charge is 0.234 e. The minimum atomic E-state index is 0.117. The fraction of sp³-hybridized carbons (Fsp3) is 0.435. The fourth-order valence-electron chi connectivity index (χ4n) is 3.41. The molecule has 1 saturated heterocycles. The molecule has 0 aromatic heterocycles. The Kier molecular flexibility index (Phi) is 7.46. The Morgan fingerprint density at radius 1 is 0.964 bits per heavy atom. The number of amides is 1. The van der Waals surface area contributed by atoms with Crippen LogP contribution in [0.25, 0.3) is 0 Å². The summed E-state index contributed by atoms with van der Waals surface area (Å²) in [6.07, 6.45) is 0. The number of benzene rings is 2. The van der Waals surface area contributed by atoms with E-state index in [9.17, 15) is 4.79 Å². The highest BCUT2D eigenvalue weighted by Crippen LogP contribution is 2.17. The van der Waals surface area contributed by atoms with Gasteiger partial charge in [-0.15, -0.1) is 0 Å². The van der Waals surface area contributed by atoms with Gasteiger partial charge in [-0.25, -0.2) is 0 Å². The van der Waals surface area contributed by atoms with Crippen LogP contribution in [0.2, 0.25) is 0 Å². The monoisotopic (exact) mass is 381 g/mol. The SMILES string of the molecule is CC(C)NC(=O)CN1CCN(Cc2cccc(OCc3ccccc3)c2)CC1. The van der Waals surface area contributed by atoms with Gasteiger partial charge in [0.15, 0.2) is 0 Å². The molecule has 0 aliphatic carbocycles. The molecule has 1 heterocycles. The normalized spacial score (nSPS) is 15.5. The van der Waals surface area contributed by atoms with Gasteiger partial charge in [0.25, 0.3) is 0 Å². The summed E-state index contributed by atoms with van der Waals surface area (Å²) in [5.41, 5.74) is 2.43. The van der Waals surface area contributed by atoms with Crippen molar-refractivity contribution in [2.45, 2.75) is 33.0 Å². The summed E-state index contributed by atoms with van der Waals surface area (Å²) < 4.78 is 5.94. The molecule has 3 rings (SSSR count). The fourth-order valence-corrected chi connectivity index (χ4v) is 3.41. The Balaban J connectivity index is 1.44. The largest absolute Gasteiger partial charge is 0.489 e. The average molecular weight is 382 g/mol. The molecular weight excluding hydrogens is 350 g/mol.